The molecule has 120 valence electrons. The zero-order valence-electron chi connectivity index (χ0n) is 13.6. The minimum atomic E-state index is -0.799. The van der Waals surface area contributed by atoms with Crippen LogP contribution >= 0.6 is 0 Å². The highest BCUT2D eigenvalue weighted by molar-refractivity contribution is 5.99. The molecule has 0 aromatic heterocycles. The van der Waals surface area contributed by atoms with Crippen LogP contribution in [0.15, 0.2) is 0 Å². The average molecular weight is 296 g/mol. The molecule has 2 rings (SSSR count). The Morgan fingerprint density at radius 2 is 1.95 bits per heavy atom. The largest absolute Gasteiger partial charge is 0.381 e. The molecule has 2 aliphatic heterocycles. The van der Waals surface area contributed by atoms with E-state index in [2.05, 4.69) is 12.2 Å². The van der Waals surface area contributed by atoms with Gasteiger partial charge in [-0.05, 0) is 38.5 Å². The fourth-order valence-corrected chi connectivity index (χ4v) is 3.25. The Morgan fingerprint density at radius 3 is 2.52 bits per heavy atom. The number of ether oxygens (including phenoxy) is 1. The summed E-state index contributed by atoms with van der Waals surface area (Å²) in [5.41, 5.74) is -0.799. The maximum absolute atomic E-state index is 12.8. The lowest BCUT2D eigenvalue weighted by atomic mass is 9.87. The molecule has 1 N–H and O–H groups in total. The highest BCUT2D eigenvalue weighted by Crippen LogP contribution is 2.27. The SMILES string of the molecule is CCC(C)C1C(=O)NC(C)(C)C(=O)N1CC1CCOCC1. The lowest BCUT2D eigenvalue weighted by Gasteiger charge is -2.46. The molecule has 2 atom stereocenters. The van der Waals surface area contributed by atoms with Crippen LogP contribution in [0.25, 0.3) is 0 Å². The van der Waals surface area contributed by atoms with Crippen molar-refractivity contribution in [1.82, 2.24) is 10.2 Å². The molecular weight excluding hydrogens is 268 g/mol. The Balaban J connectivity index is 2.20. The summed E-state index contributed by atoms with van der Waals surface area (Å²) in [6.45, 7) is 9.89. The summed E-state index contributed by atoms with van der Waals surface area (Å²) < 4.78 is 5.39. The van der Waals surface area contributed by atoms with Crippen LogP contribution in [0.5, 0.6) is 0 Å². The third kappa shape index (κ3) is 3.39. The topological polar surface area (TPSA) is 58.6 Å². The number of rotatable bonds is 4. The lowest BCUT2D eigenvalue weighted by molar-refractivity contribution is -0.157. The molecule has 0 spiro atoms. The number of hydrogen-bond acceptors (Lipinski definition) is 3. The summed E-state index contributed by atoms with van der Waals surface area (Å²) in [5, 5.41) is 2.88. The quantitative estimate of drug-likeness (QED) is 0.856. The van der Waals surface area contributed by atoms with Crippen LogP contribution in [0.4, 0.5) is 0 Å². The van der Waals surface area contributed by atoms with Crippen molar-refractivity contribution < 1.29 is 14.3 Å². The van der Waals surface area contributed by atoms with Gasteiger partial charge in [0.25, 0.3) is 0 Å². The number of nitrogens with one attached hydrogen (secondary N) is 1. The number of hydrogen-bond donors (Lipinski definition) is 1. The summed E-state index contributed by atoms with van der Waals surface area (Å²) in [5.74, 6) is 0.640. The minimum absolute atomic E-state index is 0.0130. The Kier molecular flexibility index (Phi) is 4.91. The fourth-order valence-electron chi connectivity index (χ4n) is 3.25. The van der Waals surface area contributed by atoms with Gasteiger partial charge in [-0.2, -0.15) is 0 Å². The van der Waals surface area contributed by atoms with Crippen LogP contribution in [0, 0.1) is 11.8 Å². The first-order valence-corrected chi connectivity index (χ1v) is 8.07. The van der Waals surface area contributed by atoms with Gasteiger partial charge < -0.3 is 15.0 Å². The third-order valence-corrected chi connectivity index (χ3v) is 4.81. The Morgan fingerprint density at radius 1 is 1.33 bits per heavy atom. The van der Waals surface area contributed by atoms with Gasteiger partial charge in [-0.1, -0.05) is 20.3 Å². The van der Waals surface area contributed by atoms with E-state index in [1.54, 1.807) is 13.8 Å². The van der Waals surface area contributed by atoms with Gasteiger partial charge in [0.1, 0.15) is 11.6 Å². The van der Waals surface area contributed by atoms with Gasteiger partial charge in [-0.25, -0.2) is 0 Å². The van der Waals surface area contributed by atoms with Crippen molar-refractivity contribution >= 4 is 11.8 Å². The molecule has 2 fully saturated rings. The second kappa shape index (κ2) is 6.34. The molecule has 2 saturated heterocycles. The molecule has 5 heteroatoms. The van der Waals surface area contributed by atoms with Crippen molar-refractivity contribution in [1.29, 1.82) is 0 Å². The highest BCUT2D eigenvalue weighted by atomic mass is 16.5. The normalized spacial score (nSPS) is 28.4. The van der Waals surface area contributed by atoms with Gasteiger partial charge in [0.2, 0.25) is 11.8 Å². The van der Waals surface area contributed by atoms with E-state index in [4.69, 9.17) is 4.74 Å². The van der Waals surface area contributed by atoms with E-state index in [0.717, 1.165) is 32.5 Å². The fraction of sp³-hybridized carbons (Fsp3) is 0.875. The molecule has 0 bridgehead atoms. The van der Waals surface area contributed by atoms with Crippen LogP contribution in [-0.2, 0) is 14.3 Å². The summed E-state index contributed by atoms with van der Waals surface area (Å²) in [6, 6.07) is -0.335. The van der Waals surface area contributed by atoms with E-state index in [1.807, 2.05) is 11.8 Å². The zero-order chi connectivity index (χ0) is 15.6. The summed E-state index contributed by atoms with van der Waals surface area (Å²) in [7, 11) is 0. The second-order valence-corrected chi connectivity index (χ2v) is 6.96. The summed E-state index contributed by atoms with van der Waals surface area (Å²) >= 11 is 0. The third-order valence-electron chi connectivity index (χ3n) is 4.81. The smallest absolute Gasteiger partial charge is 0.248 e. The Labute approximate surface area is 127 Å². The second-order valence-electron chi connectivity index (χ2n) is 6.96. The Bertz CT molecular complexity index is 402. The van der Waals surface area contributed by atoms with Gasteiger partial charge in [-0.3, -0.25) is 9.59 Å². The van der Waals surface area contributed by atoms with Crippen LogP contribution in [0.3, 0.4) is 0 Å². The molecule has 2 amide bonds. The van der Waals surface area contributed by atoms with E-state index in [9.17, 15) is 9.59 Å². The standard InChI is InChI=1S/C16H28N2O3/c1-5-11(2)13-14(19)17-16(3,4)15(20)18(13)10-12-6-8-21-9-7-12/h11-13H,5-10H2,1-4H3,(H,17,19). The number of carbonyl (C=O) groups is 2. The number of piperazine rings is 1. The number of nitrogens with zero attached hydrogens (tertiary/aromatic N) is 1. The number of carbonyl (C=O) groups excluding carboxylic acids is 2. The van der Waals surface area contributed by atoms with Gasteiger partial charge in [0, 0.05) is 19.8 Å². The van der Waals surface area contributed by atoms with Gasteiger partial charge in [0.05, 0.1) is 0 Å². The van der Waals surface area contributed by atoms with E-state index >= 15 is 0 Å². The first-order valence-electron chi connectivity index (χ1n) is 8.07. The lowest BCUT2D eigenvalue weighted by Crippen LogP contribution is -2.70. The molecule has 0 saturated carbocycles. The first-order chi connectivity index (χ1) is 9.86. The first kappa shape index (κ1) is 16.3. The maximum atomic E-state index is 12.8. The van der Waals surface area contributed by atoms with E-state index in [1.165, 1.54) is 0 Å². The predicted octanol–water partition coefficient (Wildman–Crippen LogP) is 1.56. The van der Waals surface area contributed by atoms with Crippen LogP contribution in [0.2, 0.25) is 0 Å². The van der Waals surface area contributed by atoms with Crippen LogP contribution in [0.1, 0.15) is 47.0 Å². The molecule has 2 aliphatic rings. The molecule has 21 heavy (non-hydrogen) atoms. The molecule has 2 unspecified atom stereocenters. The van der Waals surface area contributed by atoms with E-state index < -0.39 is 5.54 Å². The molecule has 0 aromatic rings. The number of amides is 2. The molecule has 0 radical (unpaired) electrons. The summed E-state index contributed by atoms with van der Waals surface area (Å²) in [4.78, 5) is 27.1. The zero-order valence-corrected chi connectivity index (χ0v) is 13.6. The Hall–Kier alpha value is -1.10. The van der Waals surface area contributed by atoms with Crippen molar-refractivity contribution in [3.05, 3.63) is 0 Å². The van der Waals surface area contributed by atoms with Crippen molar-refractivity contribution in [2.24, 2.45) is 11.8 Å². The average Bonchev–Trinajstić information content (AvgIpc) is 2.44. The van der Waals surface area contributed by atoms with Gasteiger partial charge >= 0.3 is 0 Å². The highest BCUT2D eigenvalue weighted by Gasteiger charge is 2.47. The molecular formula is C16H28N2O3. The van der Waals surface area contributed by atoms with Crippen LogP contribution in [-0.4, -0.2) is 48.1 Å². The van der Waals surface area contributed by atoms with Crippen molar-refractivity contribution in [3.8, 4) is 0 Å². The maximum Gasteiger partial charge on any atom is 0.248 e. The van der Waals surface area contributed by atoms with Gasteiger partial charge in [-0.15, -0.1) is 0 Å². The monoisotopic (exact) mass is 296 g/mol. The predicted molar refractivity (Wildman–Crippen MR) is 80.7 cm³/mol. The summed E-state index contributed by atoms with van der Waals surface area (Å²) in [6.07, 6.45) is 2.83. The van der Waals surface area contributed by atoms with Crippen LogP contribution < -0.4 is 5.32 Å². The molecule has 0 aliphatic carbocycles. The molecule has 5 nitrogen and oxygen atoms in total. The van der Waals surface area contributed by atoms with Crippen molar-refractivity contribution in [3.63, 3.8) is 0 Å². The van der Waals surface area contributed by atoms with E-state index in [0.29, 0.717) is 12.5 Å². The van der Waals surface area contributed by atoms with E-state index in [-0.39, 0.29) is 23.8 Å². The van der Waals surface area contributed by atoms with Crippen molar-refractivity contribution in [2.45, 2.75) is 58.5 Å². The molecule has 0 aromatic carbocycles. The molecule has 2 heterocycles. The van der Waals surface area contributed by atoms with Gasteiger partial charge in [0.15, 0.2) is 0 Å². The minimum Gasteiger partial charge on any atom is -0.381 e. The van der Waals surface area contributed by atoms with Crippen molar-refractivity contribution in [2.75, 3.05) is 19.8 Å².